The lowest BCUT2D eigenvalue weighted by Gasteiger charge is -2.22. The summed E-state index contributed by atoms with van der Waals surface area (Å²) in [5, 5.41) is 3.30. The SMILES string of the molecule is CC(C)(NCCOCCC(=O)C(C)(C)C)SS. The Labute approximate surface area is 114 Å². The molecule has 0 heterocycles. The van der Waals surface area contributed by atoms with Gasteiger partial charge in [-0.2, -0.15) is 0 Å². The summed E-state index contributed by atoms with van der Waals surface area (Å²) in [4.78, 5) is 11.5. The maximum atomic E-state index is 11.6. The van der Waals surface area contributed by atoms with Crippen LogP contribution in [0.25, 0.3) is 0 Å². The van der Waals surface area contributed by atoms with E-state index in [2.05, 4.69) is 30.8 Å². The maximum absolute atomic E-state index is 11.6. The molecule has 17 heavy (non-hydrogen) atoms. The third kappa shape index (κ3) is 8.94. The Morgan fingerprint density at radius 2 is 1.82 bits per heavy atom. The maximum Gasteiger partial charge on any atom is 0.140 e. The minimum absolute atomic E-state index is 0.0479. The summed E-state index contributed by atoms with van der Waals surface area (Å²) < 4.78 is 5.42. The molecule has 0 aromatic rings. The van der Waals surface area contributed by atoms with Crippen molar-refractivity contribution in [2.75, 3.05) is 19.8 Å². The molecule has 0 aliphatic heterocycles. The molecule has 0 unspecified atom stereocenters. The number of rotatable bonds is 8. The molecule has 3 nitrogen and oxygen atoms in total. The van der Waals surface area contributed by atoms with Crippen LogP contribution in [0, 0.1) is 5.41 Å². The van der Waals surface area contributed by atoms with Crippen molar-refractivity contribution < 1.29 is 9.53 Å². The predicted octanol–water partition coefficient (Wildman–Crippen LogP) is 2.91. The van der Waals surface area contributed by atoms with E-state index in [0.717, 1.165) is 6.54 Å². The highest BCUT2D eigenvalue weighted by Gasteiger charge is 2.20. The molecule has 0 atom stereocenters. The summed E-state index contributed by atoms with van der Waals surface area (Å²) >= 11 is 4.17. The first-order valence-corrected chi connectivity index (χ1v) is 7.74. The number of carbonyl (C=O) groups excluding carboxylic acids is 1. The number of nitrogens with one attached hydrogen (secondary N) is 1. The number of carbonyl (C=O) groups is 1. The van der Waals surface area contributed by atoms with Crippen LogP contribution in [0.2, 0.25) is 0 Å². The average molecular weight is 279 g/mol. The van der Waals surface area contributed by atoms with Gasteiger partial charge >= 0.3 is 0 Å². The van der Waals surface area contributed by atoms with Crippen molar-refractivity contribution in [3.63, 3.8) is 0 Å². The molecule has 0 aromatic heterocycles. The molecule has 102 valence electrons. The summed E-state index contributed by atoms with van der Waals surface area (Å²) in [7, 11) is 1.47. The van der Waals surface area contributed by atoms with E-state index in [1.807, 2.05) is 20.8 Å². The summed E-state index contributed by atoms with van der Waals surface area (Å²) in [6, 6.07) is 0. The van der Waals surface area contributed by atoms with Gasteiger partial charge in [-0.05, 0) is 13.8 Å². The van der Waals surface area contributed by atoms with Crippen molar-refractivity contribution in [3.05, 3.63) is 0 Å². The van der Waals surface area contributed by atoms with E-state index in [1.54, 1.807) is 0 Å². The Bertz CT molecular complexity index is 237. The lowest BCUT2D eigenvalue weighted by molar-refractivity contribution is -0.127. The van der Waals surface area contributed by atoms with E-state index < -0.39 is 0 Å². The molecule has 0 amide bonds. The van der Waals surface area contributed by atoms with E-state index in [0.29, 0.717) is 19.6 Å². The van der Waals surface area contributed by atoms with Crippen LogP contribution in [0.15, 0.2) is 0 Å². The highest BCUT2D eigenvalue weighted by atomic mass is 33.1. The average Bonchev–Trinajstić information content (AvgIpc) is 2.21. The Balaban J connectivity index is 3.52. The van der Waals surface area contributed by atoms with Gasteiger partial charge in [0.25, 0.3) is 0 Å². The Morgan fingerprint density at radius 3 is 2.29 bits per heavy atom. The van der Waals surface area contributed by atoms with Gasteiger partial charge in [0.1, 0.15) is 5.78 Å². The highest BCUT2D eigenvalue weighted by molar-refractivity contribution is 8.69. The second kappa shape index (κ2) is 7.67. The molecule has 5 heteroatoms. The van der Waals surface area contributed by atoms with Crippen LogP contribution in [0.5, 0.6) is 0 Å². The Hall–Kier alpha value is 0.290. The first-order valence-electron chi connectivity index (χ1n) is 5.88. The number of ether oxygens (including phenoxy) is 1. The van der Waals surface area contributed by atoms with Gasteiger partial charge in [0.05, 0.1) is 18.1 Å². The first-order chi connectivity index (χ1) is 7.69. The Kier molecular flexibility index (Phi) is 7.80. The van der Waals surface area contributed by atoms with E-state index in [4.69, 9.17) is 4.74 Å². The normalized spacial score (nSPS) is 12.8. The molecule has 0 fully saturated rings. The van der Waals surface area contributed by atoms with Gasteiger partial charge in [-0.3, -0.25) is 4.79 Å². The molecule has 0 rings (SSSR count). The summed E-state index contributed by atoms with van der Waals surface area (Å²) in [5.74, 6) is 0.247. The summed E-state index contributed by atoms with van der Waals surface area (Å²) in [5.41, 5.74) is -0.258. The zero-order valence-corrected chi connectivity index (χ0v) is 13.2. The van der Waals surface area contributed by atoms with Crippen molar-refractivity contribution >= 4 is 28.2 Å². The molecule has 0 saturated carbocycles. The van der Waals surface area contributed by atoms with Gasteiger partial charge in [-0.25, -0.2) is 0 Å². The second-order valence-corrected chi connectivity index (χ2v) is 7.31. The zero-order valence-electron chi connectivity index (χ0n) is 11.5. The number of ketones is 1. The largest absolute Gasteiger partial charge is 0.380 e. The second-order valence-electron chi connectivity index (χ2n) is 5.56. The predicted molar refractivity (Wildman–Crippen MR) is 78.6 cm³/mol. The molecule has 0 saturated heterocycles. The molecule has 0 radical (unpaired) electrons. The molecule has 1 N–H and O–H groups in total. The van der Waals surface area contributed by atoms with Gasteiger partial charge in [0, 0.05) is 18.4 Å². The van der Waals surface area contributed by atoms with Crippen LogP contribution in [0.4, 0.5) is 0 Å². The molecular weight excluding hydrogens is 254 g/mol. The van der Waals surface area contributed by atoms with Crippen molar-refractivity contribution in [1.29, 1.82) is 0 Å². The molecule has 0 aliphatic rings. The smallest absolute Gasteiger partial charge is 0.140 e. The molecule has 0 aromatic carbocycles. The van der Waals surface area contributed by atoms with Crippen LogP contribution < -0.4 is 5.32 Å². The van der Waals surface area contributed by atoms with Gasteiger partial charge in [-0.1, -0.05) is 31.6 Å². The lowest BCUT2D eigenvalue weighted by Crippen LogP contribution is -2.37. The van der Waals surface area contributed by atoms with Crippen LogP contribution in [-0.4, -0.2) is 30.4 Å². The van der Waals surface area contributed by atoms with Crippen molar-refractivity contribution in [2.45, 2.75) is 45.9 Å². The van der Waals surface area contributed by atoms with Crippen LogP contribution in [-0.2, 0) is 9.53 Å². The summed E-state index contributed by atoms with van der Waals surface area (Å²) in [6.07, 6.45) is 0.494. The number of Topliss-reactive ketones (excluding diaryl/α,β-unsaturated/α-hetero) is 1. The van der Waals surface area contributed by atoms with Crippen LogP contribution in [0.1, 0.15) is 41.0 Å². The third-order valence-electron chi connectivity index (χ3n) is 2.34. The molecule has 0 bridgehead atoms. The standard InChI is InChI=1S/C12H25NO2S2/c1-11(2,3)10(14)6-8-15-9-7-13-12(4,5)17-16/h13,16H,6-9H2,1-5H3. The molecular formula is C12H25NO2S2. The third-order valence-corrected chi connectivity index (χ3v) is 4.31. The Morgan fingerprint density at radius 1 is 1.24 bits per heavy atom. The zero-order chi connectivity index (χ0) is 13.5. The first kappa shape index (κ1) is 17.3. The lowest BCUT2D eigenvalue weighted by atomic mass is 9.89. The van der Waals surface area contributed by atoms with Gasteiger partial charge < -0.3 is 10.1 Å². The molecule has 0 spiro atoms. The highest BCUT2D eigenvalue weighted by Crippen LogP contribution is 2.23. The number of hydrogen-bond acceptors (Lipinski definition) is 5. The minimum Gasteiger partial charge on any atom is -0.380 e. The van der Waals surface area contributed by atoms with Crippen LogP contribution >= 0.6 is 22.5 Å². The van der Waals surface area contributed by atoms with Gasteiger partial charge in [-0.15, -0.1) is 11.7 Å². The van der Waals surface area contributed by atoms with Crippen molar-refractivity contribution in [3.8, 4) is 0 Å². The van der Waals surface area contributed by atoms with Crippen LogP contribution in [0.3, 0.4) is 0 Å². The van der Waals surface area contributed by atoms with E-state index >= 15 is 0 Å². The van der Waals surface area contributed by atoms with E-state index in [1.165, 1.54) is 10.8 Å². The van der Waals surface area contributed by atoms with Gasteiger partial charge in [0.2, 0.25) is 0 Å². The fourth-order valence-electron chi connectivity index (χ4n) is 1.10. The fourth-order valence-corrected chi connectivity index (χ4v) is 1.46. The summed E-state index contributed by atoms with van der Waals surface area (Å²) in [6.45, 7) is 11.8. The monoisotopic (exact) mass is 279 g/mol. The number of thiol groups is 1. The van der Waals surface area contributed by atoms with E-state index in [-0.39, 0.29) is 16.1 Å². The van der Waals surface area contributed by atoms with Crippen molar-refractivity contribution in [2.24, 2.45) is 5.41 Å². The fraction of sp³-hybridized carbons (Fsp3) is 0.917. The van der Waals surface area contributed by atoms with Gasteiger partial charge in [0.15, 0.2) is 0 Å². The quantitative estimate of drug-likeness (QED) is 0.310. The number of hydrogen-bond donors (Lipinski definition) is 2. The topological polar surface area (TPSA) is 38.3 Å². The van der Waals surface area contributed by atoms with Crippen molar-refractivity contribution in [1.82, 2.24) is 5.32 Å². The minimum atomic E-state index is -0.258. The molecule has 0 aliphatic carbocycles. The van der Waals surface area contributed by atoms with E-state index in [9.17, 15) is 4.79 Å².